The van der Waals surface area contributed by atoms with Crippen molar-refractivity contribution in [1.82, 2.24) is 9.88 Å². The zero-order valence-corrected chi connectivity index (χ0v) is 15.7. The maximum absolute atomic E-state index is 13.0. The summed E-state index contributed by atoms with van der Waals surface area (Å²) in [6, 6.07) is 0.0181. The van der Waals surface area contributed by atoms with Crippen LogP contribution in [0.1, 0.15) is 63.3 Å². The Hall–Kier alpha value is -0.880. The minimum Gasteiger partial charge on any atom is -0.360 e. The van der Waals surface area contributed by atoms with Gasteiger partial charge in [-0.25, -0.2) is 13.1 Å². The van der Waals surface area contributed by atoms with Gasteiger partial charge in [0.15, 0.2) is 5.76 Å². The van der Waals surface area contributed by atoms with Gasteiger partial charge in [-0.15, -0.1) is 0 Å². The van der Waals surface area contributed by atoms with Gasteiger partial charge in [-0.3, -0.25) is 0 Å². The number of nitrogens with one attached hydrogen (secondary N) is 1. The fourth-order valence-electron chi connectivity index (χ4n) is 6.35. The number of hydrogen-bond acceptors (Lipinski definition) is 4. The van der Waals surface area contributed by atoms with E-state index < -0.39 is 10.0 Å². The molecule has 0 radical (unpaired) electrons. The van der Waals surface area contributed by atoms with Crippen molar-refractivity contribution in [2.75, 3.05) is 0 Å². The Bertz CT molecular complexity index is 683. The third kappa shape index (κ3) is 2.53. The molecule has 0 saturated heterocycles. The normalized spacial score (nSPS) is 36.2. The quantitative estimate of drug-likeness (QED) is 0.879. The summed E-state index contributed by atoms with van der Waals surface area (Å²) in [5.41, 5.74) is 0.607. The SMILES string of the molecule is CCC(NS(=O)(=O)c1c(C)noc1C)C12CC3CC(CC(C3)C1)C2. The van der Waals surface area contributed by atoms with Crippen molar-refractivity contribution >= 4 is 10.0 Å². The van der Waals surface area contributed by atoms with Gasteiger partial charge in [0.1, 0.15) is 10.6 Å². The Morgan fingerprint density at radius 1 is 1.17 bits per heavy atom. The van der Waals surface area contributed by atoms with E-state index in [0.29, 0.717) is 11.5 Å². The van der Waals surface area contributed by atoms with Crippen LogP contribution in [0.4, 0.5) is 0 Å². The number of aromatic nitrogens is 1. The maximum atomic E-state index is 13.0. The standard InChI is InChI=1S/C18H28N2O3S/c1-4-16(20-24(21,22)17-11(2)19-23-12(17)3)18-8-13-5-14(9-18)7-15(6-13)10-18/h13-16,20H,4-10H2,1-3H3. The number of sulfonamides is 1. The third-order valence-corrected chi connectivity index (χ3v) is 8.48. The summed E-state index contributed by atoms with van der Waals surface area (Å²) in [6.07, 6.45) is 8.53. The molecule has 4 bridgehead atoms. The summed E-state index contributed by atoms with van der Waals surface area (Å²) in [6.45, 7) is 5.47. The number of nitrogens with zero attached hydrogens (tertiary/aromatic N) is 1. The second-order valence-electron chi connectivity index (χ2n) is 8.52. The Kier molecular flexibility index (Phi) is 3.84. The molecule has 1 atom stereocenters. The van der Waals surface area contributed by atoms with Crippen molar-refractivity contribution in [3.8, 4) is 0 Å². The summed E-state index contributed by atoms with van der Waals surface area (Å²) in [5.74, 6) is 2.82. The van der Waals surface area contributed by atoms with Crippen LogP contribution in [0.2, 0.25) is 0 Å². The summed E-state index contributed by atoms with van der Waals surface area (Å²) in [4.78, 5) is 0.227. The van der Waals surface area contributed by atoms with Crippen LogP contribution in [0.5, 0.6) is 0 Å². The molecular weight excluding hydrogens is 324 g/mol. The van der Waals surface area contributed by atoms with E-state index in [0.717, 1.165) is 24.2 Å². The van der Waals surface area contributed by atoms with Gasteiger partial charge in [0.2, 0.25) is 10.0 Å². The molecule has 1 aromatic rings. The molecule has 4 aliphatic carbocycles. The first-order valence-electron chi connectivity index (χ1n) is 9.28. The molecule has 1 N–H and O–H groups in total. The summed E-state index contributed by atoms with van der Waals surface area (Å²) in [5, 5.41) is 3.81. The number of rotatable bonds is 5. The van der Waals surface area contributed by atoms with Gasteiger partial charge in [-0.1, -0.05) is 12.1 Å². The van der Waals surface area contributed by atoms with E-state index in [1.54, 1.807) is 13.8 Å². The molecule has 24 heavy (non-hydrogen) atoms. The van der Waals surface area contributed by atoms with Gasteiger partial charge in [0.25, 0.3) is 0 Å². The van der Waals surface area contributed by atoms with E-state index in [1.165, 1.54) is 38.5 Å². The topological polar surface area (TPSA) is 72.2 Å². The van der Waals surface area contributed by atoms with Crippen LogP contribution >= 0.6 is 0 Å². The van der Waals surface area contributed by atoms with E-state index in [2.05, 4.69) is 16.8 Å². The van der Waals surface area contributed by atoms with Crippen molar-refractivity contribution in [2.45, 2.75) is 76.7 Å². The zero-order chi connectivity index (χ0) is 17.1. The van der Waals surface area contributed by atoms with Gasteiger partial charge < -0.3 is 4.52 Å². The fraction of sp³-hybridized carbons (Fsp3) is 0.833. The largest absolute Gasteiger partial charge is 0.360 e. The van der Waals surface area contributed by atoms with Gasteiger partial charge >= 0.3 is 0 Å². The zero-order valence-electron chi connectivity index (χ0n) is 14.8. The predicted octanol–water partition coefficient (Wildman–Crippen LogP) is 3.56. The van der Waals surface area contributed by atoms with Gasteiger partial charge in [-0.05, 0) is 82.0 Å². The van der Waals surface area contributed by atoms with Crippen LogP contribution in [0.3, 0.4) is 0 Å². The van der Waals surface area contributed by atoms with Crippen LogP contribution in [0.25, 0.3) is 0 Å². The number of aryl methyl sites for hydroxylation is 2. The molecule has 1 heterocycles. The molecule has 0 aliphatic heterocycles. The number of hydrogen-bond donors (Lipinski definition) is 1. The van der Waals surface area contributed by atoms with Crippen LogP contribution in [0.15, 0.2) is 9.42 Å². The van der Waals surface area contributed by atoms with E-state index in [9.17, 15) is 8.42 Å². The molecule has 5 nitrogen and oxygen atoms in total. The fourth-order valence-corrected chi connectivity index (χ4v) is 8.10. The highest BCUT2D eigenvalue weighted by molar-refractivity contribution is 7.89. The Balaban J connectivity index is 1.63. The summed E-state index contributed by atoms with van der Waals surface area (Å²) in [7, 11) is -3.59. The van der Waals surface area contributed by atoms with Crippen LogP contribution in [0, 0.1) is 37.0 Å². The lowest BCUT2D eigenvalue weighted by atomic mass is 9.47. The van der Waals surface area contributed by atoms with Crippen molar-refractivity contribution in [3.05, 3.63) is 11.5 Å². The average molecular weight is 353 g/mol. The van der Waals surface area contributed by atoms with Crippen molar-refractivity contribution in [1.29, 1.82) is 0 Å². The lowest BCUT2D eigenvalue weighted by molar-refractivity contribution is -0.0704. The Morgan fingerprint density at radius 3 is 2.12 bits per heavy atom. The van der Waals surface area contributed by atoms with E-state index in [4.69, 9.17) is 4.52 Å². The molecule has 0 aromatic carbocycles. The highest BCUT2D eigenvalue weighted by Crippen LogP contribution is 2.61. The smallest absolute Gasteiger partial charge is 0.246 e. The summed E-state index contributed by atoms with van der Waals surface area (Å²) >= 11 is 0. The van der Waals surface area contributed by atoms with E-state index >= 15 is 0 Å². The molecule has 4 aliphatic rings. The molecule has 134 valence electrons. The molecular formula is C18H28N2O3S. The van der Waals surface area contributed by atoms with Gasteiger partial charge in [0.05, 0.1) is 0 Å². The maximum Gasteiger partial charge on any atom is 0.246 e. The summed E-state index contributed by atoms with van der Waals surface area (Å²) < 4.78 is 34.1. The van der Waals surface area contributed by atoms with Crippen LogP contribution in [-0.2, 0) is 10.0 Å². The van der Waals surface area contributed by atoms with Crippen molar-refractivity contribution in [3.63, 3.8) is 0 Å². The first-order chi connectivity index (χ1) is 11.3. The van der Waals surface area contributed by atoms with Crippen molar-refractivity contribution < 1.29 is 12.9 Å². The van der Waals surface area contributed by atoms with E-state index in [-0.39, 0.29) is 16.4 Å². The third-order valence-electron chi connectivity index (χ3n) is 6.77. The molecule has 1 unspecified atom stereocenters. The molecule has 4 saturated carbocycles. The first kappa shape index (κ1) is 16.6. The Morgan fingerprint density at radius 2 is 1.71 bits per heavy atom. The van der Waals surface area contributed by atoms with Crippen LogP contribution in [-0.4, -0.2) is 19.6 Å². The average Bonchev–Trinajstić information content (AvgIpc) is 2.83. The monoisotopic (exact) mass is 352 g/mol. The highest BCUT2D eigenvalue weighted by atomic mass is 32.2. The lowest BCUT2D eigenvalue weighted by Gasteiger charge is -2.59. The lowest BCUT2D eigenvalue weighted by Crippen LogP contribution is -2.56. The van der Waals surface area contributed by atoms with Crippen LogP contribution < -0.4 is 4.72 Å². The Labute approximate surface area is 144 Å². The molecule has 6 heteroatoms. The second kappa shape index (κ2) is 5.56. The molecule has 4 fully saturated rings. The molecule has 0 amide bonds. The van der Waals surface area contributed by atoms with Gasteiger partial charge in [0, 0.05) is 6.04 Å². The van der Waals surface area contributed by atoms with Crippen molar-refractivity contribution in [2.24, 2.45) is 23.2 Å². The van der Waals surface area contributed by atoms with Gasteiger partial charge in [-0.2, -0.15) is 0 Å². The minimum absolute atomic E-state index is 0.0181. The first-order valence-corrected chi connectivity index (χ1v) is 10.8. The molecule has 0 spiro atoms. The molecule has 1 aromatic heterocycles. The second-order valence-corrected chi connectivity index (χ2v) is 10.2. The predicted molar refractivity (Wildman–Crippen MR) is 91.0 cm³/mol. The minimum atomic E-state index is -3.59. The molecule has 5 rings (SSSR count). The highest BCUT2D eigenvalue weighted by Gasteiger charge is 2.54. The van der Waals surface area contributed by atoms with E-state index in [1.807, 2.05) is 0 Å².